The minimum absolute atomic E-state index is 0.236. The Bertz CT molecular complexity index is 612. The Balaban J connectivity index is 2.34. The minimum Gasteiger partial charge on any atom is -0.368 e. The molecule has 4 nitrogen and oxygen atoms in total. The zero-order chi connectivity index (χ0) is 14.5. The predicted octanol–water partition coefficient (Wildman–Crippen LogP) is 1.96. The van der Waals surface area contributed by atoms with Crippen LogP contribution in [-0.2, 0) is 4.79 Å². The molecule has 0 bridgehead atoms. The van der Waals surface area contributed by atoms with Crippen molar-refractivity contribution in [2.24, 2.45) is 5.73 Å². The first-order chi connectivity index (χ1) is 9.58. The highest BCUT2D eigenvalue weighted by Crippen LogP contribution is 2.16. The largest absolute Gasteiger partial charge is 0.368 e. The van der Waals surface area contributed by atoms with Gasteiger partial charge in [0.25, 0.3) is 5.91 Å². The maximum Gasteiger partial charge on any atom is 0.258 e. The van der Waals surface area contributed by atoms with Crippen molar-refractivity contribution in [3.63, 3.8) is 0 Å². The molecule has 2 aromatic rings. The molecule has 0 atom stereocenters. The Morgan fingerprint density at radius 2 is 1.60 bits per heavy atom. The Morgan fingerprint density at radius 1 is 1.00 bits per heavy atom. The van der Waals surface area contributed by atoms with Crippen molar-refractivity contribution in [2.45, 2.75) is 0 Å². The molecule has 102 valence electrons. The number of carbonyl (C=O) groups excluding carboxylic acids is 2. The fourth-order valence-corrected chi connectivity index (χ4v) is 1.79. The number of para-hydroxylation sites is 1. The van der Waals surface area contributed by atoms with Gasteiger partial charge in [0.15, 0.2) is 0 Å². The molecule has 0 aliphatic rings. The van der Waals surface area contributed by atoms with Gasteiger partial charge in [-0.25, -0.2) is 4.39 Å². The molecule has 0 aliphatic heterocycles. The summed E-state index contributed by atoms with van der Waals surface area (Å²) in [6, 6.07) is 13.8. The summed E-state index contributed by atoms with van der Waals surface area (Å²) >= 11 is 0. The van der Waals surface area contributed by atoms with Crippen molar-refractivity contribution in [1.29, 1.82) is 0 Å². The van der Waals surface area contributed by atoms with E-state index < -0.39 is 17.6 Å². The number of benzene rings is 2. The average Bonchev–Trinajstić information content (AvgIpc) is 2.45. The fraction of sp³-hybridized carbons (Fsp3) is 0.0667. The second kappa shape index (κ2) is 5.97. The molecule has 0 aromatic heterocycles. The molecule has 0 heterocycles. The van der Waals surface area contributed by atoms with Gasteiger partial charge in [0, 0.05) is 11.3 Å². The number of primary amides is 1. The minimum atomic E-state index is -0.621. The number of hydrogen-bond acceptors (Lipinski definition) is 2. The molecular formula is C15H13FN2O2. The summed E-state index contributed by atoms with van der Waals surface area (Å²) in [6.07, 6.45) is 0. The molecule has 0 fully saturated rings. The molecule has 2 rings (SSSR count). The summed E-state index contributed by atoms with van der Waals surface area (Å²) in [6.45, 7) is -0.236. The topological polar surface area (TPSA) is 63.4 Å². The second-order valence-corrected chi connectivity index (χ2v) is 4.20. The Labute approximate surface area is 115 Å². The summed E-state index contributed by atoms with van der Waals surface area (Å²) in [5.74, 6) is -1.46. The van der Waals surface area contributed by atoms with Crippen LogP contribution in [0.2, 0.25) is 0 Å². The van der Waals surface area contributed by atoms with E-state index in [1.165, 1.54) is 29.2 Å². The monoisotopic (exact) mass is 272 g/mol. The van der Waals surface area contributed by atoms with E-state index in [1.54, 1.807) is 30.3 Å². The van der Waals surface area contributed by atoms with E-state index in [4.69, 9.17) is 5.73 Å². The van der Waals surface area contributed by atoms with Crippen LogP contribution in [-0.4, -0.2) is 18.4 Å². The van der Waals surface area contributed by atoms with Crippen LogP contribution in [0.4, 0.5) is 10.1 Å². The Hall–Kier alpha value is -2.69. The van der Waals surface area contributed by atoms with Crippen LogP contribution in [0, 0.1) is 5.82 Å². The maximum absolute atomic E-state index is 12.9. The molecule has 0 saturated carbocycles. The smallest absolute Gasteiger partial charge is 0.258 e. The predicted molar refractivity (Wildman–Crippen MR) is 73.7 cm³/mol. The summed E-state index contributed by atoms with van der Waals surface area (Å²) < 4.78 is 12.9. The SMILES string of the molecule is NC(=O)CN(C(=O)c1ccc(F)cc1)c1ccccc1. The summed E-state index contributed by atoms with van der Waals surface area (Å²) in [5, 5.41) is 0. The van der Waals surface area contributed by atoms with Crippen LogP contribution < -0.4 is 10.6 Å². The quantitative estimate of drug-likeness (QED) is 0.924. The normalized spacial score (nSPS) is 10.1. The van der Waals surface area contributed by atoms with E-state index in [-0.39, 0.29) is 12.1 Å². The lowest BCUT2D eigenvalue weighted by molar-refractivity contribution is -0.116. The van der Waals surface area contributed by atoms with Gasteiger partial charge < -0.3 is 5.73 Å². The van der Waals surface area contributed by atoms with Gasteiger partial charge in [0.05, 0.1) is 0 Å². The lowest BCUT2D eigenvalue weighted by Gasteiger charge is -2.21. The molecule has 2 aromatic carbocycles. The first kappa shape index (κ1) is 13.7. The van der Waals surface area contributed by atoms with Gasteiger partial charge in [-0.2, -0.15) is 0 Å². The van der Waals surface area contributed by atoms with Crippen LogP contribution in [0.15, 0.2) is 54.6 Å². The second-order valence-electron chi connectivity index (χ2n) is 4.20. The Morgan fingerprint density at radius 3 is 2.15 bits per heavy atom. The van der Waals surface area contributed by atoms with E-state index in [9.17, 15) is 14.0 Å². The van der Waals surface area contributed by atoms with Crippen molar-refractivity contribution >= 4 is 17.5 Å². The molecule has 2 N–H and O–H groups in total. The van der Waals surface area contributed by atoms with Crippen molar-refractivity contribution in [1.82, 2.24) is 0 Å². The molecule has 0 spiro atoms. The molecule has 20 heavy (non-hydrogen) atoms. The molecule has 0 saturated heterocycles. The third-order valence-corrected chi connectivity index (χ3v) is 2.72. The summed E-state index contributed by atoms with van der Waals surface area (Å²) in [4.78, 5) is 24.8. The van der Waals surface area contributed by atoms with Crippen molar-refractivity contribution in [3.05, 3.63) is 66.0 Å². The zero-order valence-electron chi connectivity index (χ0n) is 10.6. The number of nitrogens with zero attached hydrogens (tertiary/aromatic N) is 1. The van der Waals surface area contributed by atoms with Gasteiger partial charge >= 0.3 is 0 Å². The van der Waals surface area contributed by atoms with Crippen LogP contribution in [0.25, 0.3) is 0 Å². The number of carbonyl (C=O) groups is 2. The van der Waals surface area contributed by atoms with E-state index in [0.29, 0.717) is 5.69 Å². The number of rotatable bonds is 4. The third-order valence-electron chi connectivity index (χ3n) is 2.72. The van der Waals surface area contributed by atoms with Gasteiger partial charge in [0.1, 0.15) is 12.4 Å². The standard InChI is InChI=1S/C15H13FN2O2/c16-12-8-6-11(7-9-12)15(20)18(10-14(17)19)13-4-2-1-3-5-13/h1-9H,10H2,(H2,17,19). The fourth-order valence-electron chi connectivity index (χ4n) is 1.79. The van der Waals surface area contributed by atoms with E-state index in [2.05, 4.69) is 0 Å². The highest BCUT2D eigenvalue weighted by Gasteiger charge is 2.19. The molecule has 0 aliphatic carbocycles. The third kappa shape index (κ3) is 3.20. The number of anilines is 1. The van der Waals surface area contributed by atoms with E-state index >= 15 is 0 Å². The van der Waals surface area contributed by atoms with Crippen molar-refractivity contribution < 1.29 is 14.0 Å². The Kier molecular flexibility index (Phi) is 4.10. The van der Waals surface area contributed by atoms with Gasteiger partial charge in [-0.3, -0.25) is 14.5 Å². The first-order valence-corrected chi connectivity index (χ1v) is 5.98. The van der Waals surface area contributed by atoms with Gasteiger partial charge in [-0.05, 0) is 36.4 Å². The number of halogens is 1. The highest BCUT2D eigenvalue weighted by molar-refractivity contribution is 6.08. The van der Waals surface area contributed by atoms with Crippen molar-refractivity contribution in [2.75, 3.05) is 11.4 Å². The van der Waals surface area contributed by atoms with E-state index in [0.717, 1.165) is 0 Å². The lowest BCUT2D eigenvalue weighted by Crippen LogP contribution is -2.38. The van der Waals surface area contributed by atoms with Crippen molar-refractivity contribution in [3.8, 4) is 0 Å². The average molecular weight is 272 g/mol. The van der Waals surface area contributed by atoms with Crippen LogP contribution in [0.1, 0.15) is 10.4 Å². The van der Waals surface area contributed by atoms with Crippen LogP contribution >= 0.6 is 0 Å². The summed E-state index contributed by atoms with van der Waals surface area (Å²) in [5.41, 5.74) is 6.02. The number of nitrogens with two attached hydrogens (primary N) is 1. The maximum atomic E-state index is 12.9. The van der Waals surface area contributed by atoms with Crippen LogP contribution in [0.3, 0.4) is 0 Å². The lowest BCUT2D eigenvalue weighted by atomic mass is 10.1. The molecule has 5 heteroatoms. The zero-order valence-corrected chi connectivity index (χ0v) is 10.6. The van der Waals surface area contributed by atoms with Crippen LogP contribution in [0.5, 0.6) is 0 Å². The van der Waals surface area contributed by atoms with Gasteiger partial charge in [0.2, 0.25) is 5.91 Å². The molecule has 2 amide bonds. The van der Waals surface area contributed by atoms with Gasteiger partial charge in [-0.1, -0.05) is 18.2 Å². The van der Waals surface area contributed by atoms with Gasteiger partial charge in [-0.15, -0.1) is 0 Å². The first-order valence-electron chi connectivity index (χ1n) is 5.98. The van der Waals surface area contributed by atoms with E-state index in [1.807, 2.05) is 0 Å². The summed E-state index contributed by atoms with van der Waals surface area (Å²) in [7, 11) is 0. The number of amides is 2. The highest BCUT2D eigenvalue weighted by atomic mass is 19.1. The number of hydrogen-bond donors (Lipinski definition) is 1. The molecule has 0 unspecified atom stereocenters. The molecular weight excluding hydrogens is 259 g/mol. The molecule has 0 radical (unpaired) electrons.